The molecule has 0 fully saturated rings. The Labute approximate surface area is 305 Å². The van der Waals surface area contributed by atoms with Crippen molar-refractivity contribution < 1.29 is 56.1 Å². The second-order valence-electron chi connectivity index (χ2n) is 12.2. The third-order valence-corrected chi connectivity index (χ3v) is 10.4. The summed E-state index contributed by atoms with van der Waals surface area (Å²) in [5, 5.41) is 17.3. The standard InChI is InChI=1S/C32H43N7O12S2/c1-18-11-21(51-10-4-5-27(40)35-8-9-36-31(43)24(34)17-52(46,47)48)12-19(2)29(18)53(49,50)38-25(32(44)45)15-37-30(42)23-16-39(3)26-13-20(14-33)6-7-22(26)28(23)41/h6-7,11-13,16,24-25,38H,4-5,8-10,14-15,17,33-34H2,1-3H3,(H,35,40)(H,36,43)(H,37,42)(H,44,45)(H,46,47,48)/p+1/t24-,25-/m0/s1. The number of aromatic nitrogens is 1. The lowest BCUT2D eigenvalue weighted by Crippen LogP contribution is -2.70. The van der Waals surface area contributed by atoms with Gasteiger partial charge in [-0.15, -0.1) is 0 Å². The van der Waals surface area contributed by atoms with Crippen LogP contribution in [0, 0.1) is 13.8 Å². The van der Waals surface area contributed by atoms with Crippen LogP contribution in [0.4, 0.5) is 0 Å². The van der Waals surface area contributed by atoms with Gasteiger partial charge >= 0.3 is 5.97 Å². The molecular weight excluding hydrogens is 739 g/mol. The van der Waals surface area contributed by atoms with Gasteiger partial charge in [-0.3, -0.25) is 28.5 Å². The second kappa shape index (κ2) is 18.2. The van der Waals surface area contributed by atoms with E-state index in [4.69, 9.17) is 15.0 Å². The van der Waals surface area contributed by atoms with E-state index in [1.807, 2.05) is 0 Å². The summed E-state index contributed by atoms with van der Waals surface area (Å²) < 4.78 is 66.6. The monoisotopic (exact) mass is 782 g/mol. The SMILES string of the molecule is Cc1cc(OCCCC(=O)NCCNC(=O)[C@@H]([NH3+])CS(=O)(=O)O)cc(C)c1S(=O)(=O)N[C@@H](CNC(=O)c1cn(C)c2cc(CN)ccc2c1=O)C(=O)O. The number of quaternary nitrogens is 1. The number of aryl methyl sites for hydroxylation is 3. The van der Waals surface area contributed by atoms with Crippen molar-refractivity contribution in [2.24, 2.45) is 12.8 Å². The largest absolute Gasteiger partial charge is 0.494 e. The van der Waals surface area contributed by atoms with E-state index >= 15 is 0 Å². The molecule has 3 rings (SSSR count). The second-order valence-corrected chi connectivity index (χ2v) is 15.3. The summed E-state index contributed by atoms with van der Waals surface area (Å²) in [6.07, 6.45) is 1.64. The van der Waals surface area contributed by atoms with Gasteiger partial charge in [0.05, 0.1) is 17.0 Å². The minimum atomic E-state index is -4.45. The van der Waals surface area contributed by atoms with Crippen LogP contribution >= 0.6 is 0 Å². The molecule has 3 amide bonds. The number of amides is 3. The molecule has 0 bridgehead atoms. The van der Waals surface area contributed by atoms with E-state index in [1.54, 1.807) is 29.8 Å². The molecule has 0 aliphatic heterocycles. The van der Waals surface area contributed by atoms with E-state index in [0.29, 0.717) is 11.3 Å². The maximum atomic E-state index is 13.4. The third-order valence-electron chi connectivity index (χ3n) is 7.85. The number of carboxylic acid groups (broad SMARTS) is 1. The van der Waals surface area contributed by atoms with Crippen LogP contribution in [0.1, 0.15) is 39.9 Å². The lowest BCUT2D eigenvalue weighted by molar-refractivity contribution is -0.396. The van der Waals surface area contributed by atoms with E-state index in [-0.39, 0.29) is 72.0 Å². The Bertz CT molecular complexity index is 2130. The van der Waals surface area contributed by atoms with Gasteiger partial charge in [-0.1, -0.05) is 6.07 Å². The fourth-order valence-electron chi connectivity index (χ4n) is 5.32. The predicted molar refractivity (Wildman–Crippen MR) is 191 cm³/mol. The Balaban J connectivity index is 1.54. The summed E-state index contributed by atoms with van der Waals surface area (Å²) in [7, 11) is -7.18. The summed E-state index contributed by atoms with van der Waals surface area (Å²) in [6.45, 7) is 2.71. The van der Waals surface area contributed by atoms with Crippen LogP contribution in [0.15, 0.2) is 46.2 Å². The van der Waals surface area contributed by atoms with E-state index < -0.39 is 67.7 Å². The minimum absolute atomic E-state index is 0.00644. The number of carboxylic acids is 1. The summed E-state index contributed by atoms with van der Waals surface area (Å²) in [6, 6.07) is 4.79. The van der Waals surface area contributed by atoms with Crippen molar-refractivity contribution in [3.63, 3.8) is 0 Å². The summed E-state index contributed by atoms with van der Waals surface area (Å²) in [4.78, 5) is 61.8. The van der Waals surface area contributed by atoms with E-state index in [1.165, 1.54) is 32.2 Å². The van der Waals surface area contributed by atoms with E-state index in [0.717, 1.165) is 5.56 Å². The van der Waals surface area contributed by atoms with Gasteiger partial charge in [0, 0.05) is 51.2 Å². The van der Waals surface area contributed by atoms with Gasteiger partial charge in [-0.05, 0) is 61.2 Å². The van der Waals surface area contributed by atoms with Gasteiger partial charge in [0.25, 0.3) is 21.9 Å². The van der Waals surface area contributed by atoms with Crippen LogP contribution in [0.3, 0.4) is 0 Å². The molecule has 0 spiro atoms. The molecule has 2 aromatic carbocycles. The Morgan fingerprint density at radius 2 is 1.64 bits per heavy atom. The number of ether oxygens (including phenoxy) is 1. The van der Waals surface area contributed by atoms with Crippen molar-refractivity contribution in [3.8, 4) is 5.75 Å². The highest BCUT2D eigenvalue weighted by molar-refractivity contribution is 7.89. The highest BCUT2D eigenvalue weighted by Crippen LogP contribution is 2.26. The molecule has 53 heavy (non-hydrogen) atoms. The molecule has 2 atom stereocenters. The fraction of sp³-hybridized carbons (Fsp3) is 0.406. The van der Waals surface area contributed by atoms with Crippen LogP contribution < -0.4 is 42.3 Å². The Hall–Kier alpha value is -4.93. The van der Waals surface area contributed by atoms with Gasteiger partial charge in [0.15, 0.2) is 6.04 Å². The molecule has 0 unspecified atom stereocenters. The first kappa shape index (κ1) is 42.5. The smallest absolute Gasteiger partial charge is 0.323 e. The number of carbonyl (C=O) groups excluding carboxylic acids is 3. The Kier molecular flexibility index (Phi) is 14.6. The molecule has 11 N–H and O–H groups in total. The number of hydrogen-bond donors (Lipinski definition) is 8. The van der Waals surface area contributed by atoms with Gasteiger partial charge in [-0.2, -0.15) is 13.1 Å². The number of fused-ring (bicyclic) bond motifs is 1. The van der Waals surface area contributed by atoms with Crippen molar-refractivity contribution in [3.05, 3.63) is 69.0 Å². The van der Waals surface area contributed by atoms with Gasteiger partial charge in [0.1, 0.15) is 23.1 Å². The van der Waals surface area contributed by atoms with Crippen molar-refractivity contribution >= 4 is 54.7 Å². The molecule has 0 aliphatic rings. The van der Waals surface area contributed by atoms with Crippen LogP contribution in [0.5, 0.6) is 5.75 Å². The highest BCUT2D eigenvalue weighted by atomic mass is 32.2. The zero-order chi connectivity index (χ0) is 39.7. The number of aliphatic carboxylic acids is 1. The summed E-state index contributed by atoms with van der Waals surface area (Å²) in [5.41, 5.74) is 9.98. The van der Waals surface area contributed by atoms with Crippen LogP contribution in [-0.4, -0.2) is 98.8 Å². The fourth-order valence-corrected chi connectivity index (χ4v) is 7.63. The van der Waals surface area contributed by atoms with Crippen molar-refractivity contribution in [1.29, 1.82) is 0 Å². The minimum Gasteiger partial charge on any atom is -0.494 e. The van der Waals surface area contributed by atoms with Crippen molar-refractivity contribution in [2.75, 3.05) is 32.0 Å². The number of carbonyl (C=O) groups is 4. The summed E-state index contributed by atoms with van der Waals surface area (Å²) in [5.74, 6) is -4.04. The molecule has 290 valence electrons. The first-order chi connectivity index (χ1) is 24.7. The van der Waals surface area contributed by atoms with Gasteiger partial charge in [-0.25, -0.2) is 8.42 Å². The van der Waals surface area contributed by atoms with Gasteiger partial charge < -0.3 is 41.8 Å². The first-order valence-corrected chi connectivity index (χ1v) is 19.3. The van der Waals surface area contributed by atoms with Crippen molar-refractivity contribution in [2.45, 2.75) is 50.2 Å². The average molecular weight is 783 g/mol. The topological polar surface area (TPSA) is 310 Å². The highest BCUT2D eigenvalue weighted by Gasteiger charge is 2.29. The molecule has 0 radical (unpaired) electrons. The number of nitrogens with zero attached hydrogens (tertiary/aromatic N) is 1. The lowest BCUT2D eigenvalue weighted by Gasteiger charge is -2.19. The Morgan fingerprint density at radius 1 is 1.00 bits per heavy atom. The number of sulfonamides is 1. The number of nitrogens with two attached hydrogens (primary N) is 1. The zero-order valence-electron chi connectivity index (χ0n) is 29.3. The quantitative estimate of drug-likeness (QED) is 0.0468. The average Bonchev–Trinajstić information content (AvgIpc) is 3.06. The molecule has 0 saturated carbocycles. The number of nitrogens with one attached hydrogen (secondary N) is 4. The normalized spacial score (nSPS) is 12.9. The third kappa shape index (κ3) is 12.1. The molecule has 0 aliphatic carbocycles. The molecule has 19 nitrogen and oxygen atoms in total. The Morgan fingerprint density at radius 3 is 2.25 bits per heavy atom. The van der Waals surface area contributed by atoms with E-state index in [2.05, 4.69) is 26.4 Å². The first-order valence-electron chi connectivity index (χ1n) is 16.2. The zero-order valence-corrected chi connectivity index (χ0v) is 30.9. The number of hydrogen-bond acceptors (Lipinski definition) is 11. The lowest BCUT2D eigenvalue weighted by atomic mass is 10.1. The number of rotatable bonds is 19. The molecule has 0 saturated heterocycles. The predicted octanol–water partition coefficient (Wildman–Crippen LogP) is -2.33. The van der Waals surface area contributed by atoms with Crippen LogP contribution in [0.2, 0.25) is 0 Å². The number of benzene rings is 2. The van der Waals surface area contributed by atoms with Crippen molar-refractivity contribution in [1.82, 2.24) is 25.2 Å². The molecule has 21 heteroatoms. The number of pyridine rings is 1. The molecular formula is C32H44N7O12S2+. The van der Waals surface area contributed by atoms with Crippen LogP contribution in [-0.2, 0) is 48.1 Å². The molecule has 3 aromatic rings. The van der Waals surface area contributed by atoms with Gasteiger partial charge in [0.2, 0.25) is 21.4 Å². The van der Waals surface area contributed by atoms with Crippen LogP contribution in [0.25, 0.3) is 10.9 Å². The molecule has 1 heterocycles. The van der Waals surface area contributed by atoms with E-state index in [9.17, 15) is 45.9 Å². The maximum Gasteiger partial charge on any atom is 0.323 e. The molecule has 1 aromatic heterocycles. The maximum absolute atomic E-state index is 13.4. The summed E-state index contributed by atoms with van der Waals surface area (Å²) >= 11 is 0.